The highest BCUT2D eigenvalue weighted by molar-refractivity contribution is 7.91. The Labute approximate surface area is 118 Å². The molecule has 1 aliphatic carbocycles. The molecule has 4 nitrogen and oxygen atoms in total. The summed E-state index contributed by atoms with van der Waals surface area (Å²) in [6.07, 6.45) is 4.52. The van der Waals surface area contributed by atoms with E-state index in [1.165, 1.54) is 24.2 Å². The predicted octanol–water partition coefficient (Wildman–Crippen LogP) is 1.97. The molecule has 0 bridgehead atoms. The van der Waals surface area contributed by atoms with Gasteiger partial charge >= 0.3 is 0 Å². The van der Waals surface area contributed by atoms with E-state index in [0.717, 1.165) is 12.8 Å². The third-order valence-electron chi connectivity index (χ3n) is 3.29. The fourth-order valence-corrected chi connectivity index (χ4v) is 4.70. The van der Waals surface area contributed by atoms with E-state index in [9.17, 15) is 8.42 Å². The van der Waals surface area contributed by atoms with Crippen LogP contribution in [-0.2, 0) is 10.0 Å². The highest BCUT2D eigenvalue weighted by Gasteiger charge is 2.28. The minimum absolute atomic E-state index is 0. The normalized spacial score (nSPS) is 18.5. The van der Waals surface area contributed by atoms with Crippen LogP contribution in [0.2, 0.25) is 0 Å². The number of thiophene rings is 1. The molecule has 1 unspecified atom stereocenters. The molecule has 1 aliphatic rings. The second-order valence-electron chi connectivity index (χ2n) is 4.44. The third kappa shape index (κ3) is 3.68. The Bertz CT molecular complexity index is 442. The number of hydrogen-bond donors (Lipinski definition) is 2. The van der Waals surface area contributed by atoms with Gasteiger partial charge < -0.3 is 5.73 Å². The average molecular weight is 311 g/mol. The number of nitrogens with two attached hydrogens (primary N) is 1. The molecule has 3 N–H and O–H groups in total. The average Bonchev–Trinajstić information content (AvgIpc) is 2.97. The van der Waals surface area contributed by atoms with Gasteiger partial charge in [-0.3, -0.25) is 0 Å². The summed E-state index contributed by atoms with van der Waals surface area (Å²) < 4.78 is 27.2. The summed E-state index contributed by atoms with van der Waals surface area (Å²) in [7, 11) is -3.38. The van der Waals surface area contributed by atoms with Crippen LogP contribution in [-0.4, -0.2) is 21.0 Å². The van der Waals surface area contributed by atoms with Crippen LogP contribution in [0, 0.1) is 5.92 Å². The lowest BCUT2D eigenvalue weighted by Crippen LogP contribution is -2.44. The van der Waals surface area contributed by atoms with Gasteiger partial charge in [-0.25, -0.2) is 13.1 Å². The second kappa shape index (κ2) is 6.86. The molecule has 1 aromatic rings. The molecule has 0 radical (unpaired) electrons. The van der Waals surface area contributed by atoms with Crippen LogP contribution in [0.1, 0.15) is 25.7 Å². The number of sulfonamides is 1. The van der Waals surface area contributed by atoms with E-state index >= 15 is 0 Å². The van der Waals surface area contributed by atoms with Gasteiger partial charge in [-0.1, -0.05) is 18.9 Å². The largest absolute Gasteiger partial charge is 0.329 e. The van der Waals surface area contributed by atoms with Crippen LogP contribution in [0.3, 0.4) is 0 Å². The van der Waals surface area contributed by atoms with Crippen molar-refractivity contribution in [2.24, 2.45) is 11.7 Å². The van der Waals surface area contributed by atoms with E-state index in [-0.39, 0.29) is 18.4 Å². The van der Waals surface area contributed by atoms with Gasteiger partial charge in [0.1, 0.15) is 4.21 Å². The SMILES string of the molecule is Cl.NCC(NS(=O)(=O)c1cccs1)C1CCCC1. The van der Waals surface area contributed by atoms with E-state index in [1.54, 1.807) is 17.5 Å². The van der Waals surface area contributed by atoms with Crippen molar-refractivity contribution >= 4 is 33.8 Å². The first-order valence-corrected chi connectivity index (χ1v) is 8.25. The summed E-state index contributed by atoms with van der Waals surface area (Å²) in [6, 6.07) is 3.24. The molecule has 1 atom stereocenters. The molecule has 1 saturated carbocycles. The van der Waals surface area contributed by atoms with Crippen LogP contribution in [0.25, 0.3) is 0 Å². The minimum Gasteiger partial charge on any atom is -0.329 e. The van der Waals surface area contributed by atoms with Gasteiger partial charge in [-0.2, -0.15) is 0 Å². The topological polar surface area (TPSA) is 72.2 Å². The van der Waals surface area contributed by atoms with E-state index in [0.29, 0.717) is 16.7 Å². The molecule has 7 heteroatoms. The highest BCUT2D eigenvalue weighted by atomic mass is 35.5. The summed E-state index contributed by atoms with van der Waals surface area (Å²) in [5.74, 6) is 0.398. The maximum atomic E-state index is 12.1. The van der Waals surface area contributed by atoms with Gasteiger partial charge in [0.05, 0.1) is 0 Å². The van der Waals surface area contributed by atoms with Gasteiger partial charge in [0.25, 0.3) is 0 Å². The van der Waals surface area contributed by atoms with Crippen molar-refractivity contribution < 1.29 is 8.42 Å². The summed E-state index contributed by atoms with van der Waals surface area (Å²) in [6.45, 7) is 0.370. The summed E-state index contributed by atoms with van der Waals surface area (Å²) in [4.78, 5) is 0. The Morgan fingerprint density at radius 1 is 1.44 bits per heavy atom. The first-order valence-electron chi connectivity index (χ1n) is 5.89. The zero-order chi connectivity index (χ0) is 12.3. The van der Waals surface area contributed by atoms with Crippen molar-refractivity contribution in [1.82, 2.24) is 4.72 Å². The molecule has 0 spiro atoms. The first-order chi connectivity index (χ1) is 8.13. The number of nitrogens with one attached hydrogen (secondary N) is 1. The molecule has 104 valence electrons. The van der Waals surface area contributed by atoms with Crippen molar-refractivity contribution in [3.63, 3.8) is 0 Å². The first kappa shape index (κ1) is 15.9. The van der Waals surface area contributed by atoms with Crippen LogP contribution < -0.4 is 10.5 Å². The zero-order valence-electron chi connectivity index (χ0n) is 10.0. The predicted molar refractivity (Wildman–Crippen MR) is 76.7 cm³/mol. The van der Waals surface area contributed by atoms with Crippen LogP contribution in [0.15, 0.2) is 21.7 Å². The number of rotatable bonds is 5. The van der Waals surface area contributed by atoms with Crippen molar-refractivity contribution in [1.29, 1.82) is 0 Å². The quantitative estimate of drug-likeness (QED) is 0.873. The Morgan fingerprint density at radius 3 is 2.61 bits per heavy atom. The van der Waals surface area contributed by atoms with Crippen LogP contribution in [0.4, 0.5) is 0 Å². The summed E-state index contributed by atoms with van der Waals surface area (Å²) >= 11 is 1.23. The molecule has 0 saturated heterocycles. The molecule has 1 heterocycles. The second-order valence-corrected chi connectivity index (χ2v) is 7.33. The van der Waals surface area contributed by atoms with Crippen molar-refractivity contribution in [3.05, 3.63) is 17.5 Å². The Kier molecular flexibility index (Phi) is 6.07. The smallest absolute Gasteiger partial charge is 0.250 e. The van der Waals surface area contributed by atoms with Gasteiger partial charge in [-0.05, 0) is 30.2 Å². The monoisotopic (exact) mass is 310 g/mol. The Hall–Kier alpha value is -0.140. The molecular weight excluding hydrogens is 292 g/mol. The molecule has 0 amide bonds. The maximum Gasteiger partial charge on any atom is 0.250 e. The van der Waals surface area contributed by atoms with Crippen LogP contribution in [0.5, 0.6) is 0 Å². The van der Waals surface area contributed by atoms with Crippen molar-refractivity contribution in [2.45, 2.75) is 35.9 Å². The summed E-state index contributed by atoms with van der Waals surface area (Å²) in [5, 5.41) is 1.77. The Balaban J connectivity index is 0.00000162. The summed E-state index contributed by atoms with van der Waals surface area (Å²) in [5.41, 5.74) is 5.69. The maximum absolute atomic E-state index is 12.1. The molecule has 18 heavy (non-hydrogen) atoms. The van der Waals surface area contributed by atoms with Gasteiger partial charge in [-0.15, -0.1) is 23.7 Å². The highest BCUT2D eigenvalue weighted by Crippen LogP contribution is 2.28. The number of hydrogen-bond acceptors (Lipinski definition) is 4. The molecule has 0 aliphatic heterocycles. The van der Waals surface area contributed by atoms with E-state index in [2.05, 4.69) is 4.72 Å². The molecular formula is C11H19ClN2O2S2. The fraction of sp³-hybridized carbons (Fsp3) is 0.636. The van der Waals surface area contributed by atoms with Crippen molar-refractivity contribution in [3.8, 4) is 0 Å². The van der Waals surface area contributed by atoms with Gasteiger partial charge in [0.2, 0.25) is 10.0 Å². The van der Waals surface area contributed by atoms with Gasteiger partial charge in [0.15, 0.2) is 0 Å². The molecule has 0 aromatic carbocycles. The zero-order valence-corrected chi connectivity index (χ0v) is 12.5. The van der Waals surface area contributed by atoms with E-state index in [4.69, 9.17) is 5.73 Å². The van der Waals surface area contributed by atoms with Crippen molar-refractivity contribution in [2.75, 3.05) is 6.54 Å². The van der Waals surface area contributed by atoms with Crippen LogP contribution >= 0.6 is 23.7 Å². The van der Waals surface area contributed by atoms with E-state index < -0.39 is 10.0 Å². The molecule has 1 aromatic heterocycles. The lowest BCUT2D eigenvalue weighted by Gasteiger charge is -2.22. The Morgan fingerprint density at radius 2 is 2.11 bits per heavy atom. The fourth-order valence-electron chi connectivity index (χ4n) is 2.37. The minimum atomic E-state index is -3.38. The lowest BCUT2D eigenvalue weighted by atomic mass is 9.99. The molecule has 1 fully saturated rings. The standard InChI is InChI=1S/C11H18N2O2S2.ClH/c12-8-10(9-4-1-2-5-9)13-17(14,15)11-6-3-7-16-11;/h3,6-7,9-10,13H,1-2,4-5,8,12H2;1H. The van der Waals surface area contributed by atoms with Gasteiger partial charge in [0, 0.05) is 12.6 Å². The number of halogens is 1. The molecule has 2 rings (SSSR count). The lowest BCUT2D eigenvalue weighted by molar-refractivity contribution is 0.406. The third-order valence-corrected chi connectivity index (χ3v) is 6.18. The van der Waals surface area contributed by atoms with E-state index in [1.807, 2.05) is 0 Å².